The molecule has 1 aliphatic heterocycles. The van der Waals surface area contributed by atoms with Gasteiger partial charge in [-0.15, -0.1) is 0 Å². The number of hydrazine groups is 1. The van der Waals surface area contributed by atoms with Gasteiger partial charge in [0.1, 0.15) is 0 Å². The molecule has 1 unspecified atom stereocenters. The lowest BCUT2D eigenvalue weighted by Crippen LogP contribution is -2.47. The molecule has 1 atom stereocenters. The number of likely N-dealkylation sites (tertiary alicyclic amines) is 1. The first kappa shape index (κ1) is 10.4. The van der Waals surface area contributed by atoms with E-state index in [1.807, 2.05) is 0 Å². The smallest absolute Gasteiger partial charge is 0.206 e. The van der Waals surface area contributed by atoms with E-state index in [9.17, 15) is 0 Å². The number of hydrogen-bond donors (Lipinski definition) is 3. The summed E-state index contributed by atoms with van der Waals surface area (Å²) in [5, 5.41) is 3.42. The highest BCUT2D eigenvalue weighted by Gasteiger charge is 2.34. The fraction of sp³-hybridized carbons (Fsp3) is 0.909. The molecule has 16 heavy (non-hydrogen) atoms. The number of aliphatic imine (C=N–C) groups is 1. The van der Waals surface area contributed by atoms with Crippen LogP contribution in [0.4, 0.5) is 0 Å². The maximum Gasteiger partial charge on any atom is 0.206 e. The fourth-order valence-electron chi connectivity index (χ4n) is 2.37. The second-order valence-electron chi connectivity index (χ2n) is 5.21. The molecule has 0 aromatic rings. The monoisotopic (exact) mass is 223 g/mol. The first-order valence-electron chi connectivity index (χ1n) is 6.40. The number of nitrogens with two attached hydrogens (primary N) is 1. The highest BCUT2D eigenvalue weighted by Crippen LogP contribution is 2.29. The lowest BCUT2D eigenvalue weighted by Gasteiger charge is -2.17. The number of rotatable bonds is 3. The number of hydrogen-bond acceptors (Lipinski definition) is 3. The van der Waals surface area contributed by atoms with Gasteiger partial charge in [-0.25, -0.2) is 10.8 Å². The quantitative estimate of drug-likeness (QED) is 0.268. The highest BCUT2D eigenvalue weighted by molar-refractivity contribution is 5.79. The van der Waals surface area contributed by atoms with Gasteiger partial charge in [0.15, 0.2) is 0 Å². The molecular weight excluding hydrogens is 202 g/mol. The van der Waals surface area contributed by atoms with E-state index in [1.54, 1.807) is 0 Å². The van der Waals surface area contributed by atoms with Gasteiger partial charge in [-0.3, -0.25) is 10.3 Å². The maximum atomic E-state index is 5.48. The summed E-state index contributed by atoms with van der Waals surface area (Å²) >= 11 is 0. The molecule has 2 saturated carbocycles. The molecule has 0 bridgehead atoms. The van der Waals surface area contributed by atoms with Crippen molar-refractivity contribution in [3.8, 4) is 0 Å². The summed E-state index contributed by atoms with van der Waals surface area (Å²) in [7, 11) is 0. The summed E-state index contributed by atoms with van der Waals surface area (Å²) in [6, 6.07) is 1.91. The van der Waals surface area contributed by atoms with Crippen LogP contribution in [0.1, 0.15) is 32.1 Å². The first-order valence-corrected chi connectivity index (χ1v) is 6.40. The maximum absolute atomic E-state index is 5.48. The molecule has 3 fully saturated rings. The Bertz CT molecular complexity index is 282. The van der Waals surface area contributed by atoms with Gasteiger partial charge < -0.3 is 5.32 Å². The average molecular weight is 223 g/mol. The van der Waals surface area contributed by atoms with E-state index >= 15 is 0 Å². The minimum atomic E-state index is 0.513. The first-order chi connectivity index (χ1) is 7.85. The standard InChI is InChI=1S/C11H21N5/c12-15-11(13-8-1-2-8)14-9-5-6-16(7-9)10-3-4-10/h8-10H,1-7,12H2,(H2,13,14,15). The third kappa shape index (κ3) is 2.47. The molecule has 0 amide bonds. The Kier molecular flexibility index (Phi) is 2.73. The van der Waals surface area contributed by atoms with Crippen LogP contribution in [-0.2, 0) is 0 Å². The molecular formula is C11H21N5. The van der Waals surface area contributed by atoms with E-state index in [2.05, 4.69) is 20.6 Å². The highest BCUT2D eigenvalue weighted by atomic mass is 15.4. The van der Waals surface area contributed by atoms with E-state index in [1.165, 1.54) is 38.6 Å². The van der Waals surface area contributed by atoms with Crippen LogP contribution in [0, 0.1) is 0 Å². The number of nitrogens with zero attached hydrogens (tertiary/aromatic N) is 2. The van der Waals surface area contributed by atoms with Crippen LogP contribution in [0.25, 0.3) is 0 Å². The summed E-state index contributed by atoms with van der Waals surface area (Å²) in [6.07, 6.45) is 6.43. The predicted octanol–water partition coefficient (Wildman–Crippen LogP) is -0.206. The molecule has 4 N–H and O–H groups in total. The van der Waals surface area contributed by atoms with Gasteiger partial charge in [0, 0.05) is 25.2 Å². The summed E-state index contributed by atoms with van der Waals surface area (Å²) in [6.45, 7) is 2.37. The Labute approximate surface area is 96.4 Å². The van der Waals surface area contributed by atoms with Gasteiger partial charge in [-0.2, -0.15) is 0 Å². The Balaban J connectivity index is 1.49. The summed E-state index contributed by atoms with van der Waals surface area (Å²) in [4.78, 5) is 7.09. The van der Waals surface area contributed by atoms with Gasteiger partial charge in [-0.1, -0.05) is 0 Å². The largest absolute Gasteiger partial charge is 0.351 e. The third-order valence-electron chi connectivity index (χ3n) is 3.62. The summed E-state index contributed by atoms with van der Waals surface area (Å²) in [5.41, 5.74) is 2.68. The zero-order chi connectivity index (χ0) is 11.0. The van der Waals surface area contributed by atoms with Gasteiger partial charge in [0.05, 0.1) is 6.04 Å². The fourth-order valence-corrected chi connectivity index (χ4v) is 2.37. The van der Waals surface area contributed by atoms with E-state index in [0.29, 0.717) is 12.1 Å². The average Bonchev–Trinajstić information content (AvgIpc) is 3.19. The number of guanidine groups is 1. The molecule has 5 nitrogen and oxygen atoms in total. The van der Waals surface area contributed by atoms with Crippen molar-refractivity contribution in [3.63, 3.8) is 0 Å². The van der Waals surface area contributed by atoms with Crippen LogP contribution in [0.15, 0.2) is 4.99 Å². The lowest BCUT2D eigenvalue weighted by molar-refractivity contribution is 0.321. The van der Waals surface area contributed by atoms with E-state index in [0.717, 1.165) is 18.5 Å². The topological polar surface area (TPSA) is 65.7 Å². The van der Waals surface area contributed by atoms with Crippen LogP contribution in [0.2, 0.25) is 0 Å². The minimum absolute atomic E-state index is 0.513. The van der Waals surface area contributed by atoms with Crippen LogP contribution in [-0.4, -0.2) is 42.1 Å². The Morgan fingerprint density at radius 1 is 1.19 bits per heavy atom. The molecule has 0 aromatic heterocycles. The van der Waals surface area contributed by atoms with Crippen LogP contribution >= 0.6 is 0 Å². The van der Waals surface area contributed by atoms with E-state index in [4.69, 9.17) is 5.84 Å². The van der Waals surface area contributed by atoms with Gasteiger partial charge in [0.25, 0.3) is 0 Å². The normalized spacial score (nSPS) is 31.8. The van der Waals surface area contributed by atoms with Crippen molar-refractivity contribution in [1.82, 2.24) is 15.6 Å². The van der Waals surface area contributed by atoms with Crippen LogP contribution < -0.4 is 16.6 Å². The van der Waals surface area contributed by atoms with Crippen molar-refractivity contribution in [2.45, 2.75) is 50.2 Å². The van der Waals surface area contributed by atoms with Crippen molar-refractivity contribution in [2.75, 3.05) is 13.1 Å². The van der Waals surface area contributed by atoms with Crippen molar-refractivity contribution in [1.29, 1.82) is 0 Å². The van der Waals surface area contributed by atoms with Gasteiger partial charge in [-0.05, 0) is 32.1 Å². The van der Waals surface area contributed by atoms with Crippen LogP contribution in [0.3, 0.4) is 0 Å². The molecule has 0 spiro atoms. The molecule has 90 valence electrons. The predicted molar refractivity (Wildman–Crippen MR) is 63.9 cm³/mol. The SMILES string of the molecule is NNC(=NC1CC1)NC1CCN(C2CC2)C1. The van der Waals surface area contributed by atoms with Gasteiger partial charge in [0.2, 0.25) is 5.96 Å². The second kappa shape index (κ2) is 4.22. The van der Waals surface area contributed by atoms with Gasteiger partial charge >= 0.3 is 0 Å². The third-order valence-corrected chi connectivity index (χ3v) is 3.62. The van der Waals surface area contributed by atoms with Crippen molar-refractivity contribution in [2.24, 2.45) is 10.8 Å². The van der Waals surface area contributed by atoms with E-state index < -0.39 is 0 Å². The van der Waals surface area contributed by atoms with Crippen LogP contribution in [0.5, 0.6) is 0 Å². The molecule has 5 heteroatoms. The van der Waals surface area contributed by atoms with Crippen molar-refractivity contribution < 1.29 is 0 Å². The lowest BCUT2D eigenvalue weighted by atomic mass is 10.3. The zero-order valence-corrected chi connectivity index (χ0v) is 9.65. The second-order valence-corrected chi connectivity index (χ2v) is 5.21. The van der Waals surface area contributed by atoms with E-state index in [-0.39, 0.29) is 0 Å². The molecule has 3 rings (SSSR count). The molecule has 1 heterocycles. The van der Waals surface area contributed by atoms with Crippen molar-refractivity contribution >= 4 is 5.96 Å². The zero-order valence-electron chi connectivity index (χ0n) is 9.65. The molecule has 0 radical (unpaired) electrons. The summed E-state index contributed by atoms with van der Waals surface area (Å²) < 4.78 is 0. The van der Waals surface area contributed by atoms with Crippen molar-refractivity contribution in [3.05, 3.63) is 0 Å². The summed E-state index contributed by atoms with van der Waals surface area (Å²) in [5.74, 6) is 6.26. The molecule has 0 aromatic carbocycles. The Morgan fingerprint density at radius 2 is 2.00 bits per heavy atom. The molecule has 3 aliphatic rings. The minimum Gasteiger partial charge on any atom is -0.351 e. The molecule has 1 saturated heterocycles. The number of nitrogens with one attached hydrogen (secondary N) is 2. The molecule has 2 aliphatic carbocycles. The Hall–Kier alpha value is -0.810. The Morgan fingerprint density at radius 3 is 2.62 bits per heavy atom.